The molecule has 0 aliphatic carbocycles. The summed E-state index contributed by atoms with van der Waals surface area (Å²) in [6.45, 7) is 6.16. The van der Waals surface area contributed by atoms with E-state index in [1.54, 1.807) is 18.7 Å². The Morgan fingerprint density at radius 3 is 2.27 bits per heavy atom. The van der Waals surface area contributed by atoms with Crippen LogP contribution in [0.3, 0.4) is 0 Å². The van der Waals surface area contributed by atoms with E-state index in [0.29, 0.717) is 26.2 Å². The number of carbonyl (C=O) groups excluding carboxylic acids is 2. The average molecular weight is 305 g/mol. The molecular weight excluding hydrogens is 282 g/mol. The fraction of sp³-hybridized carbons (Fsp3) is 0.500. The van der Waals surface area contributed by atoms with Crippen molar-refractivity contribution >= 4 is 12.0 Å². The molecule has 1 aliphatic rings. The first kappa shape index (κ1) is 16.3. The molecule has 1 saturated heterocycles. The van der Waals surface area contributed by atoms with Gasteiger partial charge in [0.25, 0.3) is 0 Å². The van der Waals surface area contributed by atoms with Crippen molar-refractivity contribution in [2.45, 2.75) is 26.0 Å². The minimum Gasteiger partial charge on any atom is -0.445 e. The molecule has 1 heterocycles. The van der Waals surface area contributed by atoms with Crippen LogP contribution in [0.25, 0.3) is 0 Å². The summed E-state index contributed by atoms with van der Waals surface area (Å²) in [7, 11) is 0. The van der Waals surface area contributed by atoms with Crippen LogP contribution in [0.1, 0.15) is 19.4 Å². The van der Waals surface area contributed by atoms with Gasteiger partial charge in [0.05, 0.1) is 5.54 Å². The van der Waals surface area contributed by atoms with E-state index >= 15 is 0 Å². The van der Waals surface area contributed by atoms with Gasteiger partial charge in [0.1, 0.15) is 6.61 Å². The van der Waals surface area contributed by atoms with Gasteiger partial charge in [-0.2, -0.15) is 0 Å². The molecule has 2 N–H and O–H groups in total. The van der Waals surface area contributed by atoms with E-state index in [0.717, 1.165) is 5.56 Å². The second-order valence-corrected chi connectivity index (χ2v) is 5.94. The zero-order valence-corrected chi connectivity index (χ0v) is 13.1. The van der Waals surface area contributed by atoms with E-state index in [1.165, 1.54) is 0 Å². The van der Waals surface area contributed by atoms with Crippen LogP contribution < -0.4 is 5.73 Å². The van der Waals surface area contributed by atoms with Gasteiger partial charge in [-0.05, 0) is 19.4 Å². The number of benzene rings is 1. The molecule has 6 nitrogen and oxygen atoms in total. The van der Waals surface area contributed by atoms with Gasteiger partial charge in [-0.15, -0.1) is 0 Å². The lowest BCUT2D eigenvalue weighted by molar-refractivity contribution is -0.129. The van der Waals surface area contributed by atoms with Crippen molar-refractivity contribution in [2.24, 2.45) is 5.73 Å². The Balaban J connectivity index is 1.81. The van der Waals surface area contributed by atoms with Gasteiger partial charge < -0.3 is 15.4 Å². The number of rotatable bonds is 4. The van der Waals surface area contributed by atoms with Crippen LogP contribution >= 0.6 is 0 Å². The van der Waals surface area contributed by atoms with Crippen LogP contribution in [0.15, 0.2) is 30.3 Å². The molecule has 0 spiro atoms. The summed E-state index contributed by atoms with van der Waals surface area (Å²) >= 11 is 0. The molecule has 120 valence electrons. The summed E-state index contributed by atoms with van der Waals surface area (Å²) in [5.74, 6) is -0.354. The van der Waals surface area contributed by atoms with Crippen LogP contribution in [0.4, 0.5) is 4.79 Å². The molecule has 0 aromatic heterocycles. The third-order valence-electron chi connectivity index (χ3n) is 4.14. The number of carbonyl (C=O) groups is 2. The number of primary amides is 1. The first-order valence-corrected chi connectivity index (χ1v) is 7.42. The average Bonchev–Trinajstić information content (AvgIpc) is 2.53. The molecule has 0 unspecified atom stereocenters. The van der Waals surface area contributed by atoms with Crippen molar-refractivity contribution in [1.82, 2.24) is 9.80 Å². The second kappa shape index (κ2) is 6.79. The number of ether oxygens (including phenoxy) is 1. The number of hydrogen-bond acceptors (Lipinski definition) is 4. The Bertz CT molecular complexity index is 523. The van der Waals surface area contributed by atoms with Crippen molar-refractivity contribution in [3.8, 4) is 0 Å². The first-order valence-electron chi connectivity index (χ1n) is 7.42. The maximum Gasteiger partial charge on any atom is 0.410 e. The van der Waals surface area contributed by atoms with Gasteiger partial charge in [-0.1, -0.05) is 30.3 Å². The summed E-state index contributed by atoms with van der Waals surface area (Å²) < 4.78 is 5.31. The van der Waals surface area contributed by atoms with Crippen molar-refractivity contribution in [3.63, 3.8) is 0 Å². The van der Waals surface area contributed by atoms with Crippen LogP contribution in [-0.4, -0.2) is 53.5 Å². The fourth-order valence-corrected chi connectivity index (χ4v) is 2.41. The summed E-state index contributed by atoms with van der Waals surface area (Å²) in [4.78, 5) is 27.2. The molecule has 0 radical (unpaired) electrons. The third kappa shape index (κ3) is 3.76. The zero-order chi connectivity index (χ0) is 16.2. The van der Waals surface area contributed by atoms with Crippen LogP contribution in [0, 0.1) is 0 Å². The van der Waals surface area contributed by atoms with Gasteiger partial charge in [0, 0.05) is 26.2 Å². The van der Waals surface area contributed by atoms with Gasteiger partial charge in [0.2, 0.25) is 5.91 Å². The van der Waals surface area contributed by atoms with E-state index in [2.05, 4.69) is 0 Å². The van der Waals surface area contributed by atoms with Crippen LogP contribution in [0.5, 0.6) is 0 Å². The van der Waals surface area contributed by atoms with E-state index in [-0.39, 0.29) is 18.6 Å². The van der Waals surface area contributed by atoms with Gasteiger partial charge in [0.15, 0.2) is 0 Å². The number of nitrogens with two attached hydrogens (primary N) is 1. The van der Waals surface area contributed by atoms with Crippen molar-refractivity contribution < 1.29 is 14.3 Å². The molecule has 22 heavy (non-hydrogen) atoms. The maximum absolute atomic E-state index is 12.1. The predicted octanol–water partition coefficient (Wildman–Crippen LogP) is 1.20. The molecular formula is C16H23N3O3. The number of nitrogens with zero attached hydrogens (tertiary/aromatic N) is 2. The lowest BCUT2D eigenvalue weighted by atomic mass is 10.0. The molecule has 1 aromatic rings. The summed E-state index contributed by atoms with van der Waals surface area (Å²) in [6, 6.07) is 9.58. The molecule has 2 rings (SSSR count). The Morgan fingerprint density at radius 1 is 1.14 bits per heavy atom. The highest BCUT2D eigenvalue weighted by Gasteiger charge is 2.35. The minimum absolute atomic E-state index is 0.271. The number of piperazine rings is 1. The van der Waals surface area contributed by atoms with E-state index < -0.39 is 5.54 Å². The lowest BCUT2D eigenvalue weighted by Crippen LogP contribution is -2.60. The quantitative estimate of drug-likeness (QED) is 0.907. The van der Waals surface area contributed by atoms with E-state index in [4.69, 9.17) is 10.5 Å². The smallest absolute Gasteiger partial charge is 0.410 e. The fourth-order valence-electron chi connectivity index (χ4n) is 2.41. The highest BCUT2D eigenvalue weighted by Crippen LogP contribution is 2.17. The van der Waals surface area contributed by atoms with Crippen LogP contribution in [0.2, 0.25) is 0 Å². The Hall–Kier alpha value is -2.08. The molecule has 2 amide bonds. The first-order chi connectivity index (χ1) is 10.4. The molecule has 6 heteroatoms. The van der Waals surface area contributed by atoms with Gasteiger partial charge in [-0.3, -0.25) is 9.69 Å². The van der Waals surface area contributed by atoms with Crippen molar-refractivity contribution in [1.29, 1.82) is 0 Å². The summed E-state index contributed by atoms with van der Waals surface area (Å²) in [5, 5.41) is 0. The molecule has 0 atom stereocenters. The van der Waals surface area contributed by atoms with Crippen molar-refractivity contribution in [3.05, 3.63) is 35.9 Å². The largest absolute Gasteiger partial charge is 0.445 e. The minimum atomic E-state index is -0.694. The normalized spacial score (nSPS) is 16.4. The maximum atomic E-state index is 12.1. The summed E-state index contributed by atoms with van der Waals surface area (Å²) in [6.07, 6.45) is -0.319. The number of hydrogen-bond donors (Lipinski definition) is 1. The lowest BCUT2D eigenvalue weighted by Gasteiger charge is -2.41. The highest BCUT2D eigenvalue weighted by molar-refractivity contribution is 5.83. The SMILES string of the molecule is CC(C)(C(N)=O)N1CCN(C(=O)OCc2ccccc2)CC1. The number of amides is 2. The van der Waals surface area contributed by atoms with Gasteiger partial charge in [-0.25, -0.2) is 4.79 Å². The molecule has 0 bridgehead atoms. The molecule has 1 aliphatic heterocycles. The molecule has 1 fully saturated rings. The monoisotopic (exact) mass is 305 g/mol. The van der Waals surface area contributed by atoms with E-state index in [1.807, 2.05) is 35.2 Å². The Kier molecular flexibility index (Phi) is 5.03. The topological polar surface area (TPSA) is 75.9 Å². The Labute approximate surface area is 130 Å². The second-order valence-electron chi connectivity index (χ2n) is 5.94. The summed E-state index contributed by atoms with van der Waals surface area (Å²) in [5.41, 5.74) is 5.69. The highest BCUT2D eigenvalue weighted by atomic mass is 16.6. The van der Waals surface area contributed by atoms with Gasteiger partial charge >= 0.3 is 6.09 Å². The van der Waals surface area contributed by atoms with Crippen LogP contribution in [-0.2, 0) is 16.1 Å². The standard InChI is InChI=1S/C16H23N3O3/c1-16(2,14(17)20)19-10-8-18(9-11-19)15(21)22-12-13-6-4-3-5-7-13/h3-7H,8-12H2,1-2H3,(H2,17,20). The third-order valence-corrected chi connectivity index (χ3v) is 4.14. The van der Waals surface area contributed by atoms with Crippen molar-refractivity contribution in [2.75, 3.05) is 26.2 Å². The Morgan fingerprint density at radius 2 is 1.73 bits per heavy atom. The molecule has 1 aromatic carbocycles. The predicted molar refractivity (Wildman–Crippen MR) is 83.0 cm³/mol. The molecule has 0 saturated carbocycles. The van der Waals surface area contributed by atoms with E-state index in [9.17, 15) is 9.59 Å². The zero-order valence-electron chi connectivity index (χ0n) is 13.1.